The predicted molar refractivity (Wildman–Crippen MR) is 88.4 cm³/mol. The van der Waals surface area contributed by atoms with Crippen molar-refractivity contribution in [1.82, 2.24) is 14.9 Å². The molecular weight excluding hydrogens is 298 g/mol. The molecule has 0 amide bonds. The molecule has 2 aromatic heterocycles. The van der Waals surface area contributed by atoms with E-state index in [9.17, 15) is 4.79 Å². The zero-order chi connectivity index (χ0) is 15.5. The molecule has 114 valence electrons. The molecule has 5 nitrogen and oxygen atoms in total. The molecule has 1 aromatic carbocycles. The van der Waals surface area contributed by atoms with Crippen molar-refractivity contribution in [3.63, 3.8) is 0 Å². The molecule has 3 rings (SSSR count). The SMILES string of the molecule is COc1cccc(CN(C)Cc2nc3ccsc3c(=O)[nH]2)c1. The number of ether oxygens (including phenoxy) is 1. The van der Waals surface area contributed by atoms with Crippen LogP contribution in [0.1, 0.15) is 11.4 Å². The Labute approximate surface area is 132 Å². The lowest BCUT2D eigenvalue weighted by molar-refractivity contribution is 0.310. The number of nitrogens with one attached hydrogen (secondary N) is 1. The van der Waals surface area contributed by atoms with Crippen LogP contribution in [0.5, 0.6) is 5.75 Å². The monoisotopic (exact) mass is 315 g/mol. The molecule has 3 aromatic rings. The van der Waals surface area contributed by atoms with Gasteiger partial charge in [-0.2, -0.15) is 0 Å². The number of rotatable bonds is 5. The summed E-state index contributed by atoms with van der Waals surface area (Å²) in [6.07, 6.45) is 0. The zero-order valence-corrected chi connectivity index (χ0v) is 13.3. The second-order valence-electron chi connectivity index (χ2n) is 5.17. The summed E-state index contributed by atoms with van der Waals surface area (Å²) < 4.78 is 5.91. The standard InChI is InChI=1S/C16H17N3O2S/c1-19(9-11-4-3-5-12(8-11)21-2)10-14-17-13-6-7-22-15(13)16(20)18-14/h3-8H,9-10H2,1-2H3,(H,17,18,20). The molecule has 0 radical (unpaired) electrons. The maximum absolute atomic E-state index is 12.0. The molecular formula is C16H17N3O2S. The van der Waals surface area contributed by atoms with Crippen molar-refractivity contribution in [3.8, 4) is 5.75 Å². The molecule has 0 spiro atoms. The molecule has 0 aliphatic carbocycles. The van der Waals surface area contributed by atoms with Gasteiger partial charge in [0.2, 0.25) is 0 Å². The number of hydrogen-bond donors (Lipinski definition) is 1. The summed E-state index contributed by atoms with van der Waals surface area (Å²) in [7, 11) is 3.66. The number of fused-ring (bicyclic) bond motifs is 1. The smallest absolute Gasteiger partial charge is 0.268 e. The van der Waals surface area contributed by atoms with E-state index in [1.165, 1.54) is 11.3 Å². The van der Waals surface area contributed by atoms with E-state index in [2.05, 4.69) is 20.9 Å². The molecule has 0 saturated carbocycles. The Morgan fingerprint density at radius 1 is 1.32 bits per heavy atom. The van der Waals surface area contributed by atoms with Gasteiger partial charge in [0, 0.05) is 6.54 Å². The van der Waals surface area contributed by atoms with Crippen LogP contribution >= 0.6 is 11.3 Å². The van der Waals surface area contributed by atoms with Gasteiger partial charge in [-0.3, -0.25) is 9.69 Å². The second-order valence-corrected chi connectivity index (χ2v) is 6.09. The van der Waals surface area contributed by atoms with Crippen molar-refractivity contribution in [2.24, 2.45) is 0 Å². The minimum absolute atomic E-state index is 0.0650. The van der Waals surface area contributed by atoms with Crippen molar-refractivity contribution >= 4 is 21.6 Å². The lowest BCUT2D eigenvalue weighted by Crippen LogP contribution is -2.21. The molecule has 0 aliphatic heterocycles. The summed E-state index contributed by atoms with van der Waals surface area (Å²) in [4.78, 5) is 21.4. The number of aromatic nitrogens is 2. The Hall–Kier alpha value is -2.18. The number of aromatic amines is 1. The quantitative estimate of drug-likeness (QED) is 0.786. The minimum Gasteiger partial charge on any atom is -0.497 e. The highest BCUT2D eigenvalue weighted by Gasteiger charge is 2.08. The Morgan fingerprint density at radius 3 is 3.00 bits per heavy atom. The van der Waals surface area contributed by atoms with Crippen molar-refractivity contribution in [1.29, 1.82) is 0 Å². The number of methoxy groups -OCH3 is 1. The molecule has 22 heavy (non-hydrogen) atoms. The fourth-order valence-corrected chi connectivity index (χ4v) is 3.12. The third kappa shape index (κ3) is 3.18. The normalized spacial score (nSPS) is 11.2. The largest absolute Gasteiger partial charge is 0.497 e. The first-order valence-corrected chi connectivity index (χ1v) is 7.81. The maximum atomic E-state index is 12.0. The van der Waals surface area contributed by atoms with Gasteiger partial charge < -0.3 is 9.72 Å². The Morgan fingerprint density at radius 2 is 2.18 bits per heavy atom. The van der Waals surface area contributed by atoms with Gasteiger partial charge in [-0.15, -0.1) is 11.3 Å². The molecule has 6 heteroatoms. The van der Waals surface area contributed by atoms with Crippen LogP contribution in [0.3, 0.4) is 0 Å². The summed E-state index contributed by atoms with van der Waals surface area (Å²) in [6, 6.07) is 9.83. The van der Waals surface area contributed by atoms with Crippen LogP contribution < -0.4 is 10.3 Å². The summed E-state index contributed by atoms with van der Waals surface area (Å²) in [5, 5.41) is 1.89. The molecule has 0 saturated heterocycles. The van der Waals surface area contributed by atoms with Gasteiger partial charge in [0.25, 0.3) is 5.56 Å². The molecule has 2 heterocycles. The van der Waals surface area contributed by atoms with Crippen LogP contribution in [0.15, 0.2) is 40.5 Å². The first-order valence-electron chi connectivity index (χ1n) is 6.93. The molecule has 0 fully saturated rings. The predicted octanol–water partition coefficient (Wildman–Crippen LogP) is 2.63. The number of benzene rings is 1. The highest BCUT2D eigenvalue weighted by molar-refractivity contribution is 7.17. The van der Waals surface area contributed by atoms with Crippen molar-refractivity contribution in [3.05, 3.63) is 57.5 Å². The van der Waals surface area contributed by atoms with Gasteiger partial charge >= 0.3 is 0 Å². The lowest BCUT2D eigenvalue weighted by Gasteiger charge is -2.16. The lowest BCUT2D eigenvalue weighted by atomic mass is 10.2. The highest BCUT2D eigenvalue weighted by Crippen LogP contribution is 2.16. The fraction of sp³-hybridized carbons (Fsp3) is 0.250. The van der Waals surface area contributed by atoms with Crippen LogP contribution in [0.4, 0.5) is 0 Å². The van der Waals surface area contributed by atoms with Crippen LogP contribution in [0.25, 0.3) is 10.2 Å². The van der Waals surface area contributed by atoms with Crippen LogP contribution in [0.2, 0.25) is 0 Å². The molecule has 0 unspecified atom stereocenters. The first-order chi connectivity index (χ1) is 10.7. The van der Waals surface area contributed by atoms with Crippen LogP contribution in [-0.2, 0) is 13.1 Å². The second kappa shape index (κ2) is 6.29. The van der Waals surface area contributed by atoms with E-state index in [4.69, 9.17) is 4.74 Å². The van der Waals surface area contributed by atoms with Crippen molar-refractivity contribution in [2.75, 3.05) is 14.2 Å². The number of thiophene rings is 1. The Kier molecular flexibility index (Phi) is 4.22. The third-order valence-electron chi connectivity index (χ3n) is 3.37. The van der Waals surface area contributed by atoms with Gasteiger partial charge in [-0.25, -0.2) is 4.98 Å². The number of H-pyrrole nitrogens is 1. The van der Waals surface area contributed by atoms with Crippen molar-refractivity contribution in [2.45, 2.75) is 13.1 Å². The van der Waals surface area contributed by atoms with E-state index in [-0.39, 0.29) is 5.56 Å². The average Bonchev–Trinajstić information content (AvgIpc) is 2.96. The molecule has 0 bridgehead atoms. The topological polar surface area (TPSA) is 58.2 Å². The summed E-state index contributed by atoms with van der Waals surface area (Å²) in [6.45, 7) is 1.33. The van der Waals surface area contributed by atoms with Gasteiger partial charge in [-0.1, -0.05) is 12.1 Å². The molecule has 0 atom stereocenters. The first kappa shape index (κ1) is 14.7. The van der Waals surface area contributed by atoms with E-state index in [1.807, 2.05) is 36.7 Å². The maximum Gasteiger partial charge on any atom is 0.268 e. The minimum atomic E-state index is -0.0650. The summed E-state index contributed by atoms with van der Waals surface area (Å²) in [5.41, 5.74) is 1.85. The molecule has 0 aliphatic rings. The van der Waals surface area contributed by atoms with E-state index in [1.54, 1.807) is 7.11 Å². The van der Waals surface area contributed by atoms with Gasteiger partial charge in [0.15, 0.2) is 0 Å². The fourth-order valence-electron chi connectivity index (χ4n) is 2.39. The summed E-state index contributed by atoms with van der Waals surface area (Å²) >= 11 is 1.41. The molecule has 1 N–H and O–H groups in total. The Bertz CT molecular complexity index is 841. The van der Waals surface area contributed by atoms with Gasteiger partial charge in [-0.05, 0) is 36.2 Å². The number of hydrogen-bond acceptors (Lipinski definition) is 5. The summed E-state index contributed by atoms with van der Waals surface area (Å²) in [5.74, 6) is 1.53. The third-order valence-corrected chi connectivity index (χ3v) is 4.27. The average molecular weight is 315 g/mol. The highest BCUT2D eigenvalue weighted by atomic mass is 32.1. The van der Waals surface area contributed by atoms with E-state index < -0.39 is 0 Å². The van der Waals surface area contributed by atoms with Crippen molar-refractivity contribution < 1.29 is 4.74 Å². The van der Waals surface area contributed by atoms with Gasteiger partial charge in [0.05, 0.1) is 19.2 Å². The Balaban J connectivity index is 1.74. The zero-order valence-electron chi connectivity index (χ0n) is 12.5. The van der Waals surface area contributed by atoms with E-state index >= 15 is 0 Å². The number of nitrogens with zero attached hydrogens (tertiary/aromatic N) is 2. The van der Waals surface area contributed by atoms with Crippen LogP contribution in [-0.4, -0.2) is 29.0 Å². The van der Waals surface area contributed by atoms with Gasteiger partial charge in [0.1, 0.15) is 16.3 Å². The van der Waals surface area contributed by atoms with Crippen LogP contribution in [0, 0.1) is 0 Å². The van der Waals surface area contributed by atoms with E-state index in [0.29, 0.717) is 17.1 Å². The van der Waals surface area contributed by atoms with E-state index in [0.717, 1.165) is 23.4 Å².